The number of nitrogens with one attached hydrogen (secondary N) is 1. The van der Waals surface area contributed by atoms with E-state index in [0.717, 1.165) is 21.1 Å². The van der Waals surface area contributed by atoms with Gasteiger partial charge in [0.2, 0.25) is 5.91 Å². The minimum absolute atomic E-state index is 0.116. The molecule has 3 rings (SSSR count). The highest BCUT2D eigenvalue weighted by molar-refractivity contribution is 7.99. The molecule has 0 atom stereocenters. The Morgan fingerprint density at radius 2 is 2.20 bits per heavy atom. The molecule has 2 heterocycles. The maximum Gasteiger partial charge on any atom is 0.277 e. The van der Waals surface area contributed by atoms with Gasteiger partial charge in [-0.05, 0) is 31.5 Å². The van der Waals surface area contributed by atoms with Crippen LogP contribution < -0.4 is 5.32 Å². The third-order valence-corrected chi connectivity index (χ3v) is 5.32. The molecular weight excluding hydrogens is 380 g/mol. The number of rotatable bonds is 6. The first kappa shape index (κ1) is 17.9. The van der Waals surface area contributed by atoms with Crippen LogP contribution in [0.3, 0.4) is 0 Å². The van der Waals surface area contributed by atoms with E-state index in [9.17, 15) is 4.79 Å². The minimum Gasteiger partial charge on any atom is -0.410 e. The fraction of sp³-hybridized carbons (Fsp3) is 0.250. The molecular formula is C16H15ClN4O2S2. The van der Waals surface area contributed by atoms with Gasteiger partial charge in [-0.1, -0.05) is 35.5 Å². The van der Waals surface area contributed by atoms with E-state index in [0.29, 0.717) is 22.7 Å². The first-order chi connectivity index (χ1) is 12.0. The molecule has 6 nitrogen and oxygen atoms in total. The lowest BCUT2D eigenvalue weighted by Gasteiger charge is -2.04. The van der Waals surface area contributed by atoms with Crippen LogP contribution in [0.15, 0.2) is 33.9 Å². The Kier molecular flexibility index (Phi) is 5.72. The molecule has 0 aliphatic rings. The molecule has 1 amide bonds. The topological polar surface area (TPSA) is 80.9 Å². The number of carbonyl (C=O) groups is 1. The third kappa shape index (κ3) is 4.81. The summed E-state index contributed by atoms with van der Waals surface area (Å²) < 4.78 is 5.61. The van der Waals surface area contributed by atoms with E-state index in [1.165, 1.54) is 23.1 Å². The number of aromatic nitrogens is 3. The van der Waals surface area contributed by atoms with Crippen LogP contribution in [-0.4, -0.2) is 26.8 Å². The van der Waals surface area contributed by atoms with Crippen LogP contribution in [0, 0.1) is 13.8 Å². The summed E-state index contributed by atoms with van der Waals surface area (Å²) in [6.45, 7) is 4.25. The second kappa shape index (κ2) is 7.99. The lowest BCUT2D eigenvalue weighted by molar-refractivity contribution is -0.118. The average Bonchev–Trinajstić information content (AvgIpc) is 3.17. The van der Waals surface area contributed by atoms with Crippen molar-refractivity contribution in [1.29, 1.82) is 0 Å². The van der Waals surface area contributed by atoms with Crippen molar-refractivity contribution in [2.24, 2.45) is 0 Å². The molecule has 3 aromatic rings. The quantitative estimate of drug-likeness (QED) is 0.639. The minimum atomic E-state index is -0.116. The second-order valence-electron chi connectivity index (χ2n) is 5.22. The zero-order valence-corrected chi connectivity index (χ0v) is 16.0. The summed E-state index contributed by atoms with van der Waals surface area (Å²) in [5.74, 6) is 0.516. The Labute approximate surface area is 158 Å². The molecule has 2 aromatic heterocycles. The van der Waals surface area contributed by atoms with Crippen molar-refractivity contribution in [3.63, 3.8) is 0 Å². The predicted molar refractivity (Wildman–Crippen MR) is 98.9 cm³/mol. The highest BCUT2D eigenvalue weighted by Crippen LogP contribution is 2.30. The van der Waals surface area contributed by atoms with Crippen molar-refractivity contribution >= 4 is 40.6 Å². The van der Waals surface area contributed by atoms with Crippen LogP contribution in [0.4, 0.5) is 0 Å². The van der Waals surface area contributed by atoms with Gasteiger partial charge in [-0.25, -0.2) is 4.98 Å². The van der Waals surface area contributed by atoms with Gasteiger partial charge in [-0.2, -0.15) is 0 Å². The number of hydrogen-bond acceptors (Lipinski definition) is 7. The first-order valence-electron chi connectivity index (χ1n) is 7.43. The van der Waals surface area contributed by atoms with Crippen molar-refractivity contribution < 1.29 is 9.21 Å². The zero-order valence-electron chi connectivity index (χ0n) is 13.6. The molecule has 0 saturated heterocycles. The standard InChI is InChI=1S/C16H15ClN4O2S2/c1-9-14(25-10(2)19-9)15-20-21-16(23-15)24-8-13(22)18-7-11-4-3-5-12(17)6-11/h3-6H,7-8H2,1-2H3,(H,18,22). The number of carbonyl (C=O) groups excluding carboxylic acids is 1. The molecule has 0 bridgehead atoms. The number of benzene rings is 1. The van der Waals surface area contributed by atoms with E-state index in [1.807, 2.05) is 32.0 Å². The summed E-state index contributed by atoms with van der Waals surface area (Å²) >= 11 is 8.62. The first-order valence-corrected chi connectivity index (χ1v) is 9.61. The summed E-state index contributed by atoms with van der Waals surface area (Å²) in [4.78, 5) is 17.1. The van der Waals surface area contributed by atoms with Gasteiger partial charge in [-0.3, -0.25) is 4.79 Å². The fourth-order valence-electron chi connectivity index (χ4n) is 2.12. The van der Waals surface area contributed by atoms with E-state index in [1.54, 1.807) is 6.07 Å². The Morgan fingerprint density at radius 1 is 1.36 bits per heavy atom. The van der Waals surface area contributed by atoms with Gasteiger partial charge >= 0.3 is 0 Å². The highest BCUT2D eigenvalue weighted by Gasteiger charge is 2.15. The van der Waals surface area contributed by atoms with E-state index in [-0.39, 0.29) is 11.7 Å². The predicted octanol–water partition coefficient (Wildman–Crippen LogP) is 3.87. The average molecular weight is 395 g/mol. The van der Waals surface area contributed by atoms with Crippen molar-refractivity contribution in [1.82, 2.24) is 20.5 Å². The van der Waals surface area contributed by atoms with E-state index < -0.39 is 0 Å². The van der Waals surface area contributed by atoms with E-state index >= 15 is 0 Å². The summed E-state index contributed by atoms with van der Waals surface area (Å²) in [5.41, 5.74) is 1.81. The largest absolute Gasteiger partial charge is 0.410 e. The maximum absolute atomic E-state index is 11.9. The number of nitrogens with zero attached hydrogens (tertiary/aromatic N) is 3. The van der Waals surface area contributed by atoms with Crippen LogP contribution in [0.2, 0.25) is 5.02 Å². The molecule has 1 aromatic carbocycles. The van der Waals surface area contributed by atoms with Crippen LogP contribution in [0.25, 0.3) is 10.8 Å². The molecule has 25 heavy (non-hydrogen) atoms. The Bertz CT molecular complexity index is 894. The number of thioether (sulfide) groups is 1. The molecule has 0 radical (unpaired) electrons. The van der Waals surface area contributed by atoms with Gasteiger partial charge in [0.25, 0.3) is 11.1 Å². The molecule has 0 aliphatic heterocycles. The van der Waals surface area contributed by atoms with Gasteiger partial charge in [0, 0.05) is 11.6 Å². The van der Waals surface area contributed by atoms with Crippen molar-refractivity contribution in [3.05, 3.63) is 45.6 Å². The Hall–Kier alpha value is -1.90. The molecule has 130 valence electrons. The van der Waals surface area contributed by atoms with Gasteiger partial charge in [0.05, 0.1) is 16.5 Å². The normalized spacial score (nSPS) is 10.8. The maximum atomic E-state index is 11.9. The molecule has 0 spiro atoms. The summed E-state index contributed by atoms with van der Waals surface area (Å²) in [6.07, 6.45) is 0. The molecule has 0 fully saturated rings. The summed E-state index contributed by atoms with van der Waals surface area (Å²) in [5, 5.41) is 12.8. The van der Waals surface area contributed by atoms with Crippen molar-refractivity contribution in [2.75, 3.05) is 5.75 Å². The molecule has 1 N–H and O–H groups in total. The summed E-state index contributed by atoms with van der Waals surface area (Å²) in [7, 11) is 0. The number of aryl methyl sites for hydroxylation is 2. The molecule has 0 aliphatic carbocycles. The van der Waals surface area contributed by atoms with Gasteiger partial charge in [-0.15, -0.1) is 21.5 Å². The lowest BCUT2D eigenvalue weighted by atomic mass is 10.2. The number of halogens is 1. The Morgan fingerprint density at radius 3 is 2.92 bits per heavy atom. The van der Waals surface area contributed by atoms with Gasteiger partial charge in [0.15, 0.2) is 0 Å². The number of thiazole rings is 1. The third-order valence-electron chi connectivity index (χ3n) is 3.21. The molecule has 0 saturated carbocycles. The van der Waals surface area contributed by atoms with Crippen LogP contribution in [-0.2, 0) is 11.3 Å². The Balaban J connectivity index is 1.52. The number of hydrogen-bond donors (Lipinski definition) is 1. The van der Waals surface area contributed by atoms with E-state index in [4.69, 9.17) is 16.0 Å². The SMILES string of the molecule is Cc1nc(C)c(-c2nnc(SCC(=O)NCc3cccc(Cl)c3)o2)s1. The van der Waals surface area contributed by atoms with Crippen LogP contribution >= 0.6 is 34.7 Å². The van der Waals surface area contributed by atoms with E-state index in [2.05, 4.69) is 20.5 Å². The number of amides is 1. The van der Waals surface area contributed by atoms with Crippen LogP contribution in [0.1, 0.15) is 16.3 Å². The second-order valence-corrected chi connectivity index (χ2v) is 7.78. The van der Waals surface area contributed by atoms with Crippen molar-refractivity contribution in [2.45, 2.75) is 25.6 Å². The van der Waals surface area contributed by atoms with Crippen molar-refractivity contribution in [3.8, 4) is 10.8 Å². The van der Waals surface area contributed by atoms with Gasteiger partial charge in [0.1, 0.15) is 4.88 Å². The molecule has 0 unspecified atom stereocenters. The fourth-order valence-corrected chi connectivity index (χ4v) is 3.76. The highest BCUT2D eigenvalue weighted by atomic mass is 35.5. The zero-order chi connectivity index (χ0) is 17.8. The van der Waals surface area contributed by atoms with Crippen LogP contribution in [0.5, 0.6) is 0 Å². The lowest BCUT2D eigenvalue weighted by Crippen LogP contribution is -2.24. The summed E-state index contributed by atoms with van der Waals surface area (Å²) in [6, 6.07) is 7.37. The molecule has 9 heteroatoms. The smallest absolute Gasteiger partial charge is 0.277 e. The van der Waals surface area contributed by atoms with Gasteiger partial charge < -0.3 is 9.73 Å². The monoisotopic (exact) mass is 394 g/mol.